The van der Waals surface area contributed by atoms with Gasteiger partial charge in [-0.15, -0.1) is 0 Å². The zero-order chi connectivity index (χ0) is 17.0. The number of benzene rings is 1. The Hall–Kier alpha value is -0.820. The average molecular weight is 316 g/mol. The van der Waals surface area contributed by atoms with E-state index in [9.17, 15) is 0 Å². The molecule has 0 N–H and O–H groups in total. The van der Waals surface area contributed by atoms with E-state index >= 15 is 0 Å². The van der Waals surface area contributed by atoms with Crippen LogP contribution in [-0.2, 0) is 11.8 Å². The summed E-state index contributed by atoms with van der Waals surface area (Å²) < 4.78 is 0. The number of rotatable bonds is 6. The van der Waals surface area contributed by atoms with E-state index in [2.05, 4.69) is 70.7 Å². The summed E-state index contributed by atoms with van der Waals surface area (Å²) in [6.45, 7) is 18.0. The van der Waals surface area contributed by atoms with Crippen molar-refractivity contribution in [2.75, 3.05) is 19.6 Å². The zero-order valence-electron chi connectivity index (χ0n) is 16.2. The van der Waals surface area contributed by atoms with Gasteiger partial charge in [-0.3, -0.25) is 0 Å². The van der Waals surface area contributed by atoms with Crippen molar-refractivity contribution in [2.24, 2.45) is 17.8 Å². The van der Waals surface area contributed by atoms with E-state index in [0.717, 1.165) is 17.8 Å². The summed E-state index contributed by atoms with van der Waals surface area (Å²) in [4.78, 5) is 2.69. The Morgan fingerprint density at radius 3 is 2.17 bits per heavy atom. The van der Waals surface area contributed by atoms with Crippen LogP contribution in [0.1, 0.15) is 65.5 Å². The van der Waals surface area contributed by atoms with Crippen LogP contribution in [0.25, 0.3) is 0 Å². The lowest BCUT2D eigenvalue weighted by atomic mass is 9.82. The molecule has 0 bridgehead atoms. The van der Waals surface area contributed by atoms with Crippen molar-refractivity contribution in [3.63, 3.8) is 0 Å². The minimum atomic E-state index is 0.296. The molecule has 130 valence electrons. The summed E-state index contributed by atoms with van der Waals surface area (Å²) >= 11 is 0. The molecule has 2 rings (SSSR count). The summed E-state index contributed by atoms with van der Waals surface area (Å²) in [5.74, 6) is 2.46. The molecule has 1 aliphatic heterocycles. The Kier molecular flexibility index (Phi) is 6.31. The van der Waals surface area contributed by atoms with Gasteiger partial charge >= 0.3 is 0 Å². The van der Waals surface area contributed by atoms with E-state index in [1.807, 2.05) is 0 Å². The SMILES string of the molecule is CCC(C)(C)c1ccc(C[C@H](C)CN2C[C@H](C)C[C@H](C)C2)cc1. The fraction of sp³-hybridized carbons (Fsp3) is 0.727. The van der Waals surface area contributed by atoms with Crippen molar-refractivity contribution in [1.29, 1.82) is 0 Å². The summed E-state index contributed by atoms with van der Waals surface area (Å²) in [5.41, 5.74) is 3.26. The first-order valence-corrected chi connectivity index (χ1v) is 9.62. The molecule has 1 heterocycles. The number of nitrogens with zero attached hydrogens (tertiary/aromatic N) is 1. The molecular weight excluding hydrogens is 278 g/mol. The van der Waals surface area contributed by atoms with E-state index in [-0.39, 0.29) is 0 Å². The van der Waals surface area contributed by atoms with Crippen LogP contribution >= 0.6 is 0 Å². The molecule has 1 fully saturated rings. The van der Waals surface area contributed by atoms with Crippen LogP contribution in [-0.4, -0.2) is 24.5 Å². The van der Waals surface area contributed by atoms with Gasteiger partial charge < -0.3 is 4.90 Å². The Balaban J connectivity index is 1.89. The lowest BCUT2D eigenvalue weighted by molar-refractivity contribution is 0.125. The van der Waals surface area contributed by atoms with Crippen LogP contribution in [0, 0.1) is 17.8 Å². The van der Waals surface area contributed by atoms with Gasteiger partial charge in [-0.25, -0.2) is 0 Å². The highest BCUT2D eigenvalue weighted by Crippen LogP contribution is 2.27. The standard InChI is InChI=1S/C22H37N/c1-7-22(5,6)21-10-8-20(9-11-21)13-19(4)16-23-14-17(2)12-18(3)15-23/h8-11,17-19H,7,12-16H2,1-6H3/t17-,18+,19-/m0/s1. The van der Waals surface area contributed by atoms with Gasteiger partial charge in [0, 0.05) is 19.6 Å². The van der Waals surface area contributed by atoms with Crippen molar-refractivity contribution >= 4 is 0 Å². The summed E-state index contributed by atoms with van der Waals surface area (Å²) in [7, 11) is 0. The van der Waals surface area contributed by atoms with Gasteiger partial charge in [-0.05, 0) is 53.6 Å². The molecule has 0 radical (unpaired) electrons. The van der Waals surface area contributed by atoms with E-state index in [1.165, 1.54) is 50.0 Å². The first-order chi connectivity index (χ1) is 10.8. The first-order valence-electron chi connectivity index (χ1n) is 9.62. The Morgan fingerprint density at radius 2 is 1.65 bits per heavy atom. The van der Waals surface area contributed by atoms with E-state index in [0.29, 0.717) is 5.41 Å². The highest BCUT2D eigenvalue weighted by atomic mass is 15.1. The topological polar surface area (TPSA) is 3.24 Å². The molecule has 0 spiro atoms. The summed E-state index contributed by atoms with van der Waals surface area (Å²) in [5, 5.41) is 0. The monoisotopic (exact) mass is 315 g/mol. The predicted molar refractivity (Wildman–Crippen MR) is 102 cm³/mol. The Bertz CT molecular complexity index is 463. The van der Waals surface area contributed by atoms with E-state index < -0.39 is 0 Å². The molecule has 0 aromatic heterocycles. The minimum Gasteiger partial charge on any atom is -0.303 e. The van der Waals surface area contributed by atoms with Crippen LogP contribution in [0.4, 0.5) is 0 Å². The zero-order valence-corrected chi connectivity index (χ0v) is 16.2. The number of hydrogen-bond donors (Lipinski definition) is 0. The van der Waals surface area contributed by atoms with Crippen molar-refractivity contribution in [3.8, 4) is 0 Å². The third-order valence-corrected chi connectivity index (χ3v) is 5.72. The van der Waals surface area contributed by atoms with Gasteiger partial charge in [0.25, 0.3) is 0 Å². The molecule has 1 heteroatoms. The van der Waals surface area contributed by atoms with Gasteiger partial charge in [-0.1, -0.05) is 65.8 Å². The number of piperidine rings is 1. The maximum absolute atomic E-state index is 2.69. The van der Waals surface area contributed by atoms with Gasteiger partial charge in [0.2, 0.25) is 0 Å². The van der Waals surface area contributed by atoms with Crippen LogP contribution < -0.4 is 0 Å². The first kappa shape index (κ1) is 18.5. The molecule has 1 aromatic carbocycles. The second-order valence-corrected chi connectivity index (χ2v) is 8.91. The summed E-state index contributed by atoms with van der Waals surface area (Å²) in [6.07, 6.45) is 3.79. The lowest BCUT2D eigenvalue weighted by Crippen LogP contribution is -2.41. The third-order valence-electron chi connectivity index (χ3n) is 5.72. The molecule has 0 amide bonds. The van der Waals surface area contributed by atoms with E-state index in [1.54, 1.807) is 0 Å². The number of hydrogen-bond acceptors (Lipinski definition) is 1. The van der Waals surface area contributed by atoms with Crippen molar-refractivity contribution in [2.45, 2.75) is 66.2 Å². The maximum atomic E-state index is 2.69. The normalized spacial score (nSPS) is 24.6. The van der Waals surface area contributed by atoms with Crippen molar-refractivity contribution < 1.29 is 0 Å². The highest BCUT2D eigenvalue weighted by Gasteiger charge is 2.23. The molecule has 0 aliphatic carbocycles. The Morgan fingerprint density at radius 1 is 1.09 bits per heavy atom. The van der Waals surface area contributed by atoms with Crippen molar-refractivity contribution in [3.05, 3.63) is 35.4 Å². The molecule has 1 saturated heterocycles. The highest BCUT2D eigenvalue weighted by molar-refractivity contribution is 5.28. The average Bonchev–Trinajstić information content (AvgIpc) is 2.46. The lowest BCUT2D eigenvalue weighted by Gasteiger charge is -2.36. The van der Waals surface area contributed by atoms with E-state index in [4.69, 9.17) is 0 Å². The van der Waals surface area contributed by atoms with Gasteiger partial charge in [0.15, 0.2) is 0 Å². The van der Waals surface area contributed by atoms with Gasteiger partial charge in [0.1, 0.15) is 0 Å². The molecule has 1 nitrogen and oxygen atoms in total. The fourth-order valence-corrected chi connectivity index (χ4v) is 4.14. The smallest absolute Gasteiger partial charge is 0.00104 e. The quantitative estimate of drug-likeness (QED) is 0.667. The second kappa shape index (κ2) is 7.83. The van der Waals surface area contributed by atoms with Crippen molar-refractivity contribution in [1.82, 2.24) is 4.90 Å². The predicted octanol–water partition coefficient (Wildman–Crippen LogP) is 5.53. The largest absolute Gasteiger partial charge is 0.303 e. The van der Waals surface area contributed by atoms with Gasteiger partial charge in [-0.2, -0.15) is 0 Å². The molecular formula is C22H37N. The minimum absolute atomic E-state index is 0.296. The molecule has 3 atom stereocenters. The molecule has 0 saturated carbocycles. The maximum Gasteiger partial charge on any atom is 0.00104 e. The summed E-state index contributed by atoms with van der Waals surface area (Å²) in [6, 6.07) is 9.39. The number of likely N-dealkylation sites (tertiary alicyclic amines) is 1. The van der Waals surface area contributed by atoms with Crippen LogP contribution in [0.15, 0.2) is 24.3 Å². The van der Waals surface area contributed by atoms with Crippen LogP contribution in [0.2, 0.25) is 0 Å². The third kappa shape index (κ3) is 5.35. The fourth-order valence-electron chi connectivity index (χ4n) is 4.14. The molecule has 0 unspecified atom stereocenters. The van der Waals surface area contributed by atoms with Gasteiger partial charge in [0.05, 0.1) is 0 Å². The molecule has 23 heavy (non-hydrogen) atoms. The van der Waals surface area contributed by atoms with Crippen LogP contribution in [0.5, 0.6) is 0 Å². The molecule has 1 aromatic rings. The van der Waals surface area contributed by atoms with Crippen LogP contribution in [0.3, 0.4) is 0 Å². The second-order valence-electron chi connectivity index (χ2n) is 8.91. The Labute approximate surface area is 144 Å². The molecule has 1 aliphatic rings.